The molecule has 0 amide bonds. The highest BCUT2D eigenvalue weighted by molar-refractivity contribution is 5.42. The number of ether oxygens (including phenoxy) is 1. The first-order chi connectivity index (χ1) is 12.6. The van der Waals surface area contributed by atoms with E-state index in [0.29, 0.717) is 13.2 Å². The summed E-state index contributed by atoms with van der Waals surface area (Å²) in [7, 11) is 0. The molecule has 5 rings (SSSR count). The Labute approximate surface area is 156 Å². The number of fused-ring (bicyclic) bond motifs is 3. The van der Waals surface area contributed by atoms with Crippen molar-refractivity contribution in [2.24, 2.45) is 5.92 Å². The zero-order valence-corrected chi connectivity index (χ0v) is 15.4. The largest absolute Gasteiger partial charge is 0.376 e. The molecule has 0 saturated carbocycles. The lowest BCUT2D eigenvalue weighted by atomic mass is 9.75. The van der Waals surface area contributed by atoms with Crippen LogP contribution in [0.3, 0.4) is 0 Å². The van der Waals surface area contributed by atoms with Gasteiger partial charge in [0.1, 0.15) is 5.60 Å². The third kappa shape index (κ3) is 3.38. The van der Waals surface area contributed by atoms with E-state index < -0.39 is 11.2 Å². The molecule has 0 radical (unpaired) electrons. The lowest BCUT2D eigenvalue weighted by molar-refractivity contribution is -0.0717. The van der Waals surface area contributed by atoms with E-state index in [1.54, 1.807) is 0 Å². The molecule has 3 nitrogen and oxygen atoms in total. The second-order valence-electron chi connectivity index (χ2n) is 7.61. The van der Waals surface area contributed by atoms with E-state index in [1.165, 1.54) is 5.56 Å². The monoisotopic (exact) mass is 349 g/mol. The van der Waals surface area contributed by atoms with Crippen LogP contribution in [0.5, 0.6) is 0 Å². The Morgan fingerprint density at radius 1 is 1.12 bits per heavy atom. The van der Waals surface area contributed by atoms with Gasteiger partial charge in [0.2, 0.25) is 0 Å². The lowest BCUT2D eigenvalue weighted by Gasteiger charge is -2.48. The highest BCUT2D eigenvalue weighted by Gasteiger charge is 2.44. The van der Waals surface area contributed by atoms with Crippen LogP contribution in [0.15, 0.2) is 54.6 Å². The first-order valence-corrected chi connectivity index (χ1v) is 9.69. The number of hydrogen-bond acceptors (Lipinski definition) is 3. The van der Waals surface area contributed by atoms with E-state index in [9.17, 15) is 5.11 Å². The van der Waals surface area contributed by atoms with Gasteiger partial charge in [0.05, 0.1) is 0 Å². The van der Waals surface area contributed by atoms with E-state index in [1.807, 2.05) is 25.1 Å². The average molecular weight is 349 g/mol. The van der Waals surface area contributed by atoms with Crippen molar-refractivity contribution in [2.45, 2.75) is 36.9 Å². The van der Waals surface area contributed by atoms with Gasteiger partial charge in [-0.1, -0.05) is 54.3 Å². The van der Waals surface area contributed by atoms with Gasteiger partial charge in [-0.15, -0.1) is 0 Å². The van der Waals surface area contributed by atoms with E-state index in [-0.39, 0.29) is 11.8 Å². The number of benzene rings is 1. The lowest BCUT2D eigenvalue weighted by Crippen LogP contribution is -2.58. The molecule has 0 aromatic heterocycles. The summed E-state index contributed by atoms with van der Waals surface area (Å²) in [4.78, 5) is 2.32. The van der Waals surface area contributed by atoms with Gasteiger partial charge in [-0.25, -0.2) is 0 Å². The first-order valence-electron chi connectivity index (χ1n) is 9.69. The summed E-state index contributed by atoms with van der Waals surface area (Å²) < 4.78 is 6.00. The zero-order valence-electron chi connectivity index (χ0n) is 15.4. The molecule has 2 bridgehead atoms. The third-order valence-electron chi connectivity index (χ3n) is 5.87. The van der Waals surface area contributed by atoms with Crippen molar-refractivity contribution in [3.05, 3.63) is 60.2 Å². The minimum atomic E-state index is -0.904. The molecule has 3 heterocycles. The van der Waals surface area contributed by atoms with Crippen molar-refractivity contribution in [2.75, 3.05) is 26.2 Å². The molecule has 26 heavy (non-hydrogen) atoms. The zero-order chi connectivity index (χ0) is 18.0. The number of nitrogens with zero attached hydrogens (tertiary/aromatic N) is 1. The summed E-state index contributed by atoms with van der Waals surface area (Å²) in [5, 5.41) is 11.1. The Balaban J connectivity index is 1.57. The van der Waals surface area contributed by atoms with Crippen LogP contribution in [-0.4, -0.2) is 47.4 Å². The van der Waals surface area contributed by atoms with Gasteiger partial charge in [-0.05, 0) is 50.6 Å². The predicted octanol–water partition coefficient (Wildman–Crippen LogP) is 3.13. The van der Waals surface area contributed by atoms with Gasteiger partial charge < -0.3 is 9.84 Å². The maximum absolute atomic E-state index is 11.1. The highest BCUT2D eigenvalue weighted by Crippen LogP contribution is 2.36. The normalized spacial score (nSPS) is 38.0. The van der Waals surface area contributed by atoms with Gasteiger partial charge in [0, 0.05) is 25.0 Å². The second kappa shape index (κ2) is 7.04. The molecule has 1 aliphatic carbocycles. The fourth-order valence-corrected chi connectivity index (χ4v) is 4.35. The topological polar surface area (TPSA) is 32.7 Å². The van der Waals surface area contributed by atoms with Crippen LogP contribution < -0.4 is 0 Å². The maximum Gasteiger partial charge on any atom is 0.166 e. The van der Waals surface area contributed by atoms with E-state index in [2.05, 4.69) is 53.2 Å². The van der Waals surface area contributed by atoms with E-state index in [4.69, 9.17) is 4.74 Å². The molecule has 0 spiro atoms. The molecule has 1 unspecified atom stereocenters. The molecular weight excluding hydrogens is 322 g/mol. The Kier molecular flexibility index (Phi) is 4.75. The summed E-state index contributed by atoms with van der Waals surface area (Å²) in [6, 6.07) is 10.4. The molecule has 1 aromatic carbocycles. The Morgan fingerprint density at radius 3 is 2.38 bits per heavy atom. The van der Waals surface area contributed by atoms with Crippen LogP contribution in [0.1, 0.15) is 31.2 Å². The minimum Gasteiger partial charge on any atom is -0.376 e. The van der Waals surface area contributed by atoms with Gasteiger partial charge in [-0.3, -0.25) is 4.90 Å². The fraction of sp³-hybridized carbons (Fsp3) is 0.478. The van der Waals surface area contributed by atoms with Crippen LogP contribution in [0.25, 0.3) is 0 Å². The molecule has 1 aromatic rings. The van der Waals surface area contributed by atoms with Crippen LogP contribution in [-0.2, 0) is 4.74 Å². The van der Waals surface area contributed by atoms with Gasteiger partial charge in [-0.2, -0.15) is 0 Å². The molecule has 136 valence electrons. The van der Waals surface area contributed by atoms with Crippen molar-refractivity contribution in [1.82, 2.24) is 4.90 Å². The average Bonchev–Trinajstić information content (AvgIpc) is 2.69. The predicted molar refractivity (Wildman–Crippen MR) is 104 cm³/mol. The first kappa shape index (κ1) is 17.5. The number of allylic oxidation sites excluding steroid dienone is 2. The minimum absolute atomic E-state index is 0.242. The maximum atomic E-state index is 11.1. The molecule has 1 atom stereocenters. The Bertz CT molecular complexity index is 735. The summed E-state index contributed by atoms with van der Waals surface area (Å²) >= 11 is 0. The van der Waals surface area contributed by atoms with Crippen molar-refractivity contribution in [3.8, 4) is 11.8 Å². The van der Waals surface area contributed by atoms with Gasteiger partial charge in [0.25, 0.3) is 0 Å². The second-order valence-corrected chi connectivity index (χ2v) is 7.61. The van der Waals surface area contributed by atoms with E-state index in [0.717, 1.165) is 25.9 Å². The molecule has 1 N–H and O–H groups in total. The van der Waals surface area contributed by atoms with Crippen molar-refractivity contribution < 1.29 is 9.84 Å². The van der Waals surface area contributed by atoms with Gasteiger partial charge in [0.15, 0.2) is 5.60 Å². The fourth-order valence-electron chi connectivity index (χ4n) is 4.35. The van der Waals surface area contributed by atoms with Crippen molar-refractivity contribution in [3.63, 3.8) is 0 Å². The molecule has 4 aliphatic rings. The highest BCUT2D eigenvalue weighted by atomic mass is 16.5. The van der Waals surface area contributed by atoms with E-state index >= 15 is 0 Å². The van der Waals surface area contributed by atoms with Crippen LogP contribution in [0, 0.1) is 17.8 Å². The molecule has 3 aliphatic heterocycles. The third-order valence-corrected chi connectivity index (χ3v) is 5.87. The summed E-state index contributed by atoms with van der Waals surface area (Å²) in [5.41, 5.74) is -0.380. The summed E-state index contributed by atoms with van der Waals surface area (Å²) in [6.07, 6.45) is 10.5. The number of rotatable bonds is 3. The standard InChI is InChI=1S/C23H27NO2/c1-2-26-22(12-8-20(9-13-22)19-6-4-3-5-7-19)14-15-23(25)18-24-16-10-21(23)11-17-24/h3-9,12-13,20-21,25H,2,10-11,16-18H2,1H3. The summed E-state index contributed by atoms with van der Waals surface area (Å²) in [5.74, 6) is 7.02. The molecule has 3 saturated heterocycles. The Morgan fingerprint density at radius 2 is 1.81 bits per heavy atom. The Hall–Kier alpha value is -1.86. The SMILES string of the molecule is CCOC1(C#CC2(O)CN3CCC2CC3)C=CC(c2ccccc2)C=C1. The quantitative estimate of drug-likeness (QED) is 0.672. The smallest absolute Gasteiger partial charge is 0.166 e. The number of piperidine rings is 3. The van der Waals surface area contributed by atoms with Crippen LogP contribution in [0.4, 0.5) is 0 Å². The molecule has 3 heteroatoms. The molecule has 3 fully saturated rings. The molecular formula is C23H27NO2. The van der Waals surface area contributed by atoms with Crippen molar-refractivity contribution in [1.29, 1.82) is 0 Å². The van der Waals surface area contributed by atoms with Crippen LogP contribution >= 0.6 is 0 Å². The number of hydrogen-bond donors (Lipinski definition) is 1. The van der Waals surface area contributed by atoms with Gasteiger partial charge >= 0.3 is 0 Å². The number of aliphatic hydroxyl groups is 1. The van der Waals surface area contributed by atoms with Crippen LogP contribution in [0.2, 0.25) is 0 Å². The summed E-state index contributed by atoms with van der Waals surface area (Å²) in [6.45, 7) is 5.39. The van der Waals surface area contributed by atoms with Crippen molar-refractivity contribution >= 4 is 0 Å².